The first kappa shape index (κ1) is 11.4. The second-order valence-corrected chi connectivity index (χ2v) is 5.66. The fraction of sp³-hybridized carbons (Fsp3) is 0.214. The molecule has 0 bridgehead atoms. The maximum absolute atomic E-state index is 5.95. The minimum Gasteiger partial charge on any atom is -0.328 e. The molecule has 0 radical (unpaired) electrons. The summed E-state index contributed by atoms with van der Waals surface area (Å²) >= 11 is 1.80. The first-order valence-electron chi connectivity index (χ1n) is 5.97. The predicted octanol–water partition coefficient (Wildman–Crippen LogP) is 2.95. The summed E-state index contributed by atoms with van der Waals surface area (Å²) in [5.74, 6) is 0. The summed E-state index contributed by atoms with van der Waals surface area (Å²) in [6.07, 6.45) is 1.89. The van der Waals surface area contributed by atoms with E-state index in [1.807, 2.05) is 24.5 Å². The van der Waals surface area contributed by atoms with Gasteiger partial charge in [-0.05, 0) is 31.2 Å². The molecule has 0 amide bonds. The molecule has 0 aliphatic rings. The van der Waals surface area contributed by atoms with Gasteiger partial charge in [0.15, 0.2) is 0 Å². The lowest BCUT2D eigenvalue weighted by Crippen LogP contribution is -2.18. The summed E-state index contributed by atoms with van der Waals surface area (Å²) in [5, 5.41) is 0. The molecule has 1 atom stereocenters. The van der Waals surface area contributed by atoms with Crippen LogP contribution in [0.15, 0.2) is 42.7 Å². The van der Waals surface area contributed by atoms with Crippen molar-refractivity contribution in [1.82, 2.24) is 9.55 Å². The van der Waals surface area contributed by atoms with Gasteiger partial charge < -0.3 is 10.3 Å². The number of aryl methyl sites for hydroxylation is 1. The molecule has 92 valence electrons. The van der Waals surface area contributed by atoms with Gasteiger partial charge in [-0.15, -0.1) is 11.3 Å². The van der Waals surface area contributed by atoms with Gasteiger partial charge in [0.05, 0.1) is 23.4 Å². The molecule has 0 aliphatic carbocycles. The second-order valence-electron chi connectivity index (χ2n) is 4.34. The molecule has 2 heterocycles. The quantitative estimate of drug-likeness (QED) is 0.784. The van der Waals surface area contributed by atoms with E-state index in [1.54, 1.807) is 11.3 Å². The summed E-state index contributed by atoms with van der Waals surface area (Å²) in [5.41, 5.74) is 8.11. The number of nitrogens with two attached hydrogens (primary N) is 1. The minimum atomic E-state index is 0.177. The summed E-state index contributed by atoms with van der Waals surface area (Å²) in [7, 11) is 0. The highest BCUT2D eigenvalue weighted by atomic mass is 32.1. The third-order valence-corrected chi connectivity index (χ3v) is 4.23. The number of hydrogen-bond acceptors (Lipinski definition) is 3. The maximum atomic E-state index is 5.95. The Morgan fingerprint density at radius 1 is 1.28 bits per heavy atom. The van der Waals surface area contributed by atoms with Gasteiger partial charge in [0.1, 0.15) is 0 Å². The molecule has 3 nitrogen and oxygen atoms in total. The smallest absolute Gasteiger partial charge is 0.0964 e. The van der Waals surface area contributed by atoms with E-state index in [4.69, 9.17) is 5.73 Å². The van der Waals surface area contributed by atoms with Crippen LogP contribution < -0.4 is 5.73 Å². The van der Waals surface area contributed by atoms with Crippen LogP contribution >= 0.6 is 11.3 Å². The van der Waals surface area contributed by atoms with E-state index in [1.165, 1.54) is 9.75 Å². The molecule has 0 saturated heterocycles. The Balaban J connectivity index is 2.11. The van der Waals surface area contributed by atoms with E-state index in [9.17, 15) is 0 Å². The summed E-state index contributed by atoms with van der Waals surface area (Å²) in [6.45, 7) is 2.70. The van der Waals surface area contributed by atoms with Crippen molar-refractivity contribution in [3.05, 3.63) is 52.5 Å². The number of rotatable bonds is 3. The van der Waals surface area contributed by atoms with Crippen molar-refractivity contribution in [1.29, 1.82) is 0 Å². The highest BCUT2D eigenvalue weighted by Gasteiger charge is 2.15. The molecule has 1 unspecified atom stereocenters. The van der Waals surface area contributed by atoms with Gasteiger partial charge in [-0.3, -0.25) is 0 Å². The van der Waals surface area contributed by atoms with Gasteiger partial charge in [-0.25, -0.2) is 4.98 Å². The summed E-state index contributed by atoms with van der Waals surface area (Å²) in [6, 6.07) is 12.6. The Kier molecular flexibility index (Phi) is 2.89. The average Bonchev–Trinajstić information content (AvgIpc) is 2.98. The zero-order valence-electron chi connectivity index (χ0n) is 10.2. The van der Waals surface area contributed by atoms with Crippen LogP contribution in [0.3, 0.4) is 0 Å². The molecule has 0 spiro atoms. The van der Waals surface area contributed by atoms with Gasteiger partial charge in [-0.2, -0.15) is 0 Å². The zero-order chi connectivity index (χ0) is 12.5. The number of thiophene rings is 1. The fourth-order valence-corrected chi connectivity index (χ4v) is 3.22. The minimum absolute atomic E-state index is 0.177. The van der Waals surface area contributed by atoms with Gasteiger partial charge in [0.2, 0.25) is 0 Å². The third kappa shape index (κ3) is 1.83. The lowest BCUT2D eigenvalue weighted by Gasteiger charge is -2.15. The Morgan fingerprint density at radius 3 is 2.83 bits per heavy atom. The van der Waals surface area contributed by atoms with E-state index in [0.717, 1.165) is 11.0 Å². The number of imidazole rings is 1. The number of hydrogen-bond donors (Lipinski definition) is 1. The van der Waals surface area contributed by atoms with Crippen LogP contribution in [0.25, 0.3) is 11.0 Å². The number of nitrogens with zero attached hydrogens (tertiary/aromatic N) is 2. The van der Waals surface area contributed by atoms with Crippen molar-refractivity contribution in [3.63, 3.8) is 0 Å². The monoisotopic (exact) mass is 257 g/mol. The molecule has 3 rings (SSSR count). The van der Waals surface area contributed by atoms with Gasteiger partial charge in [0.25, 0.3) is 0 Å². The van der Waals surface area contributed by atoms with Gasteiger partial charge in [0, 0.05) is 16.3 Å². The third-order valence-electron chi connectivity index (χ3n) is 3.13. The topological polar surface area (TPSA) is 43.8 Å². The summed E-state index contributed by atoms with van der Waals surface area (Å²) < 4.78 is 2.17. The fourth-order valence-electron chi connectivity index (χ4n) is 2.23. The van der Waals surface area contributed by atoms with Crippen molar-refractivity contribution >= 4 is 22.4 Å². The van der Waals surface area contributed by atoms with Gasteiger partial charge in [-0.1, -0.05) is 12.1 Å². The van der Waals surface area contributed by atoms with Crippen LogP contribution in [-0.2, 0) is 0 Å². The molecular weight excluding hydrogens is 242 g/mol. The molecule has 18 heavy (non-hydrogen) atoms. The molecule has 1 aromatic carbocycles. The molecule has 4 heteroatoms. The number of fused-ring (bicyclic) bond motifs is 1. The number of aromatic nitrogens is 2. The maximum Gasteiger partial charge on any atom is 0.0964 e. The highest BCUT2D eigenvalue weighted by molar-refractivity contribution is 7.12. The lowest BCUT2D eigenvalue weighted by molar-refractivity contribution is 0.620. The van der Waals surface area contributed by atoms with Crippen molar-refractivity contribution in [2.24, 2.45) is 5.73 Å². The predicted molar refractivity (Wildman–Crippen MR) is 76.0 cm³/mol. The van der Waals surface area contributed by atoms with Gasteiger partial charge >= 0.3 is 0 Å². The molecule has 0 saturated carbocycles. The molecule has 2 aromatic heterocycles. The van der Waals surface area contributed by atoms with E-state index in [0.29, 0.717) is 6.54 Å². The van der Waals surface area contributed by atoms with E-state index in [2.05, 4.69) is 34.7 Å². The SMILES string of the molecule is Cc1ccc(C(CN)n2cnc3ccccc32)s1. The first-order valence-corrected chi connectivity index (χ1v) is 6.79. The normalized spacial score (nSPS) is 13.0. The van der Waals surface area contributed by atoms with E-state index in [-0.39, 0.29) is 6.04 Å². The molecule has 3 aromatic rings. The zero-order valence-corrected chi connectivity index (χ0v) is 11.0. The van der Waals surface area contributed by atoms with Crippen molar-refractivity contribution in [2.75, 3.05) is 6.54 Å². The van der Waals surface area contributed by atoms with Crippen LogP contribution in [0.4, 0.5) is 0 Å². The largest absolute Gasteiger partial charge is 0.328 e. The Bertz CT molecular complexity index is 668. The Hall–Kier alpha value is -1.65. The standard InChI is InChI=1S/C14H15N3S/c1-10-6-7-14(18-10)13(8-15)17-9-16-11-4-2-3-5-12(11)17/h2-7,9,13H,8,15H2,1H3. The first-order chi connectivity index (χ1) is 8.79. The second kappa shape index (κ2) is 4.55. The lowest BCUT2D eigenvalue weighted by atomic mass is 10.2. The van der Waals surface area contributed by atoms with Crippen LogP contribution in [0, 0.1) is 6.92 Å². The average molecular weight is 257 g/mol. The van der Waals surface area contributed by atoms with Crippen LogP contribution in [0.1, 0.15) is 15.8 Å². The number of para-hydroxylation sites is 2. The number of benzene rings is 1. The molecule has 0 aliphatic heterocycles. The van der Waals surface area contributed by atoms with Crippen molar-refractivity contribution in [3.8, 4) is 0 Å². The Morgan fingerprint density at radius 2 is 2.11 bits per heavy atom. The summed E-state index contributed by atoms with van der Waals surface area (Å²) in [4.78, 5) is 7.03. The van der Waals surface area contributed by atoms with Crippen molar-refractivity contribution < 1.29 is 0 Å². The van der Waals surface area contributed by atoms with Crippen LogP contribution in [-0.4, -0.2) is 16.1 Å². The highest BCUT2D eigenvalue weighted by Crippen LogP contribution is 2.28. The van der Waals surface area contributed by atoms with E-state index >= 15 is 0 Å². The van der Waals surface area contributed by atoms with Crippen molar-refractivity contribution in [2.45, 2.75) is 13.0 Å². The van der Waals surface area contributed by atoms with Crippen LogP contribution in [0.2, 0.25) is 0 Å². The molecule has 2 N–H and O–H groups in total. The molecule has 0 fully saturated rings. The molecular formula is C14H15N3S. The van der Waals surface area contributed by atoms with Crippen LogP contribution in [0.5, 0.6) is 0 Å². The Labute approximate surface area is 110 Å². The van der Waals surface area contributed by atoms with E-state index < -0.39 is 0 Å².